The van der Waals surface area contributed by atoms with Crippen LogP contribution in [0.15, 0.2) is 23.7 Å². The molecule has 1 atom stereocenters. The minimum Gasteiger partial charge on any atom is -0.490 e. The minimum atomic E-state index is -2.73. The van der Waals surface area contributed by atoms with Crippen molar-refractivity contribution < 1.29 is 22.3 Å². The minimum absolute atomic E-state index is 0.111. The summed E-state index contributed by atoms with van der Waals surface area (Å²) in [5.41, 5.74) is 0.963. The van der Waals surface area contributed by atoms with Crippen molar-refractivity contribution in [1.29, 1.82) is 5.26 Å². The smallest absolute Gasteiger partial charge is 0.281 e. The summed E-state index contributed by atoms with van der Waals surface area (Å²) in [6, 6.07) is 4.27. The zero-order valence-corrected chi connectivity index (χ0v) is 14.4. The van der Waals surface area contributed by atoms with Gasteiger partial charge in [-0.2, -0.15) is 5.26 Å². The third-order valence-corrected chi connectivity index (χ3v) is 5.08. The highest BCUT2D eigenvalue weighted by molar-refractivity contribution is 7.09. The number of aromatic nitrogens is 1. The molecule has 0 aliphatic carbocycles. The number of hydrogen-bond acceptors (Lipinski definition) is 5. The molecule has 1 aliphatic heterocycles. The van der Waals surface area contributed by atoms with Crippen molar-refractivity contribution in [2.75, 3.05) is 13.1 Å². The largest absolute Gasteiger partial charge is 0.490 e. The molecule has 0 N–H and O–H groups in total. The van der Waals surface area contributed by atoms with Crippen LogP contribution in [0, 0.1) is 23.0 Å². The molecule has 0 amide bonds. The van der Waals surface area contributed by atoms with Gasteiger partial charge < -0.3 is 4.74 Å². The molecule has 1 aromatic heterocycles. The van der Waals surface area contributed by atoms with E-state index in [4.69, 9.17) is 4.74 Å². The van der Waals surface area contributed by atoms with E-state index in [0.717, 1.165) is 29.5 Å². The van der Waals surface area contributed by atoms with E-state index in [1.165, 1.54) is 5.51 Å². The Bertz CT molecular complexity index is 779. The van der Waals surface area contributed by atoms with E-state index >= 15 is 0 Å². The van der Waals surface area contributed by atoms with Crippen LogP contribution in [0.3, 0.4) is 0 Å². The normalized spacial score (nSPS) is 17.2. The average molecular weight is 385 g/mol. The first kappa shape index (κ1) is 18.6. The lowest BCUT2D eigenvalue weighted by Gasteiger charge is -2.34. The summed E-state index contributed by atoms with van der Waals surface area (Å²) >= 11 is 1.04. The fourth-order valence-corrected chi connectivity index (χ4v) is 3.85. The second-order valence-electron chi connectivity index (χ2n) is 5.89. The number of likely N-dealkylation sites (tertiary alicyclic amines) is 1. The van der Waals surface area contributed by atoms with Gasteiger partial charge in [0.05, 0.1) is 16.5 Å². The van der Waals surface area contributed by atoms with Crippen molar-refractivity contribution in [3.63, 3.8) is 0 Å². The topological polar surface area (TPSA) is 49.2 Å². The fraction of sp³-hybridized carbons (Fsp3) is 0.412. The summed E-state index contributed by atoms with van der Waals surface area (Å²) in [7, 11) is 0. The van der Waals surface area contributed by atoms with Crippen molar-refractivity contribution in [2.24, 2.45) is 0 Å². The summed E-state index contributed by atoms with van der Waals surface area (Å²) in [6.45, 7) is 0.891. The highest BCUT2D eigenvalue weighted by atomic mass is 32.1. The highest BCUT2D eigenvalue weighted by Gasteiger charge is 2.31. The molecule has 1 fully saturated rings. The molecule has 1 unspecified atom stereocenters. The molecule has 1 aliphatic rings. The monoisotopic (exact) mass is 385 g/mol. The van der Waals surface area contributed by atoms with E-state index < -0.39 is 24.1 Å². The van der Waals surface area contributed by atoms with Crippen LogP contribution in [-0.2, 0) is 0 Å². The van der Waals surface area contributed by atoms with Crippen molar-refractivity contribution >= 4 is 11.3 Å². The first-order chi connectivity index (χ1) is 12.5. The van der Waals surface area contributed by atoms with Gasteiger partial charge in [-0.15, -0.1) is 11.3 Å². The number of ether oxygens (including phenoxy) is 1. The predicted molar refractivity (Wildman–Crippen MR) is 87.0 cm³/mol. The zero-order valence-electron chi connectivity index (χ0n) is 13.5. The molecule has 9 heteroatoms. The SMILES string of the molecule is N#CC(c1scnc1C(F)F)N1CCC(Oc2cc(F)cc(F)c2)CC1. The van der Waals surface area contributed by atoms with E-state index in [9.17, 15) is 22.8 Å². The number of piperidine rings is 1. The standard InChI is InChI=1S/C17H15F4N3OS/c18-10-5-11(19)7-13(6-10)25-12-1-3-24(4-2-12)14(8-22)16-15(17(20)21)23-9-26-16/h5-7,9,12,14,17H,1-4H2. The van der Waals surface area contributed by atoms with Crippen LogP contribution < -0.4 is 4.74 Å². The Hall–Kier alpha value is -2.18. The molecular formula is C17H15F4N3OS. The molecule has 3 rings (SSSR count). The lowest BCUT2D eigenvalue weighted by molar-refractivity contribution is 0.0862. The molecule has 4 nitrogen and oxygen atoms in total. The van der Waals surface area contributed by atoms with Crippen molar-refractivity contribution in [3.8, 4) is 11.8 Å². The number of nitrogens with zero attached hydrogens (tertiary/aromatic N) is 3. The van der Waals surface area contributed by atoms with Crippen LogP contribution in [0.25, 0.3) is 0 Å². The molecule has 138 valence electrons. The van der Waals surface area contributed by atoms with Gasteiger partial charge >= 0.3 is 0 Å². The molecule has 1 saturated heterocycles. The van der Waals surface area contributed by atoms with E-state index in [-0.39, 0.29) is 22.4 Å². The number of nitriles is 1. The van der Waals surface area contributed by atoms with Crippen molar-refractivity contribution in [1.82, 2.24) is 9.88 Å². The molecule has 2 aromatic rings. The quantitative estimate of drug-likeness (QED) is 0.713. The summed E-state index contributed by atoms with van der Waals surface area (Å²) in [6.07, 6.45) is -1.96. The number of benzene rings is 1. The van der Waals surface area contributed by atoms with Gasteiger partial charge in [0.2, 0.25) is 0 Å². The summed E-state index contributed by atoms with van der Waals surface area (Å²) < 4.78 is 58.1. The lowest BCUT2D eigenvalue weighted by Crippen LogP contribution is -2.40. The van der Waals surface area contributed by atoms with Gasteiger partial charge in [-0.3, -0.25) is 4.90 Å². The Balaban J connectivity index is 1.64. The van der Waals surface area contributed by atoms with E-state index in [2.05, 4.69) is 11.1 Å². The molecule has 0 saturated carbocycles. The highest BCUT2D eigenvalue weighted by Crippen LogP contribution is 2.34. The Morgan fingerprint density at radius 2 is 1.85 bits per heavy atom. The number of halogens is 4. The van der Waals surface area contributed by atoms with Gasteiger partial charge in [0.15, 0.2) is 0 Å². The average Bonchev–Trinajstić information content (AvgIpc) is 3.06. The molecule has 1 aromatic carbocycles. The van der Waals surface area contributed by atoms with E-state index in [1.807, 2.05) is 0 Å². The second kappa shape index (κ2) is 8.01. The third-order valence-electron chi connectivity index (χ3n) is 4.18. The maximum Gasteiger partial charge on any atom is 0.281 e. The molecule has 26 heavy (non-hydrogen) atoms. The Kier molecular flexibility index (Phi) is 5.74. The first-order valence-electron chi connectivity index (χ1n) is 7.95. The fourth-order valence-electron chi connectivity index (χ4n) is 2.98. The van der Waals surface area contributed by atoms with Gasteiger partial charge in [0, 0.05) is 31.3 Å². The van der Waals surface area contributed by atoms with Crippen LogP contribution in [0.1, 0.15) is 35.9 Å². The van der Waals surface area contributed by atoms with Gasteiger partial charge in [-0.25, -0.2) is 22.5 Å². The summed E-state index contributed by atoms with van der Waals surface area (Å²) in [4.78, 5) is 5.72. The lowest BCUT2D eigenvalue weighted by atomic mass is 10.0. The molecule has 0 bridgehead atoms. The number of rotatable bonds is 5. The van der Waals surface area contributed by atoms with Gasteiger partial charge in [-0.1, -0.05) is 0 Å². The Morgan fingerprint density at radius 3 is 2.42 bits per heavy atom. The van der Waals surface area contributed by atoms with E-state index in [1.54, 1.807) is 4.90 Å². The molecular weight excluding hydrogens is 370 g/mol. The van der Waals surface area contributed by atoms with Crippen molar-refractivity contribution in [2.45, 2.75) is 31.4 Å². The third kappa shape index (κ3) is 4.14. The second-order valence-corrected chi connectivity index (χ2v) is 6.78. The van der Waals surface area contributed by atoms with Gasteiger partial charge in [-0.05, 0) is 12.8 Å². The maximum atomic E-state index is 13.2. The number of hydrogen-bond donors (Lipinski definition) is 0. The van der Waals surface area contributed by atoms with E-state index in [0.29, 0.717) is 25.9 Å². The zero-order chi connectivity index (χ0) is 18.7. The number of thiazole rings is 1. The van der Waals surface area contributed by atoms with Crippen LogP contribution in [0.4, 0.5) is 17.6 Å². The van der Waals surface area contributed by atoms with Crippen LogP contribution >= 0.6 is 11.3 Å². The van der Waals surface area contributed by atoms with Crippen LogP contribution in [0.2, 0.25) is 0 Å². The first-order valence-corrected chi connectivity index (χ1v) is 8.83. The maximum absolute atomic E-state index is 13.2. The van der Waals surface area contributed by atoms with Gasteiger partial charge in [0.1, 0.15) is 35.2 Å². The Labute approximate surface area is 151 Å². The predicted octanol–water partition coefficient (Wildman–Crippen LogP) is 4.47. The van der Waals surface area contributed by atoms with Crippen LogP contribution in [-0.4, -0.2) is 29.1 Å². The molecule has 0 radical (unpaired) electrons. The number of alkyl halides is 2. The summed E-state index contributed by atoms with van der Waals surface area (Å²) in [5, 5.41) is 9.45. The van der Waals surface area contributed by atoms with Gasteiger partial charge in [0.25, 0.3) is 6.43 Å². The Morgan fingerprint density at radius 1 is 1.19 bits per heavy atom. The van der Waals surface area contributed by atoms with Crippen molar-refractivity contribution in [3.05, 3.63) is 45.9 Å². The molecule has 0 spiro atoms. The molecule has 2 heterocycles. The summed E-state index contributed by atoms with van der Waals surface area (Å²) in [5.74, 6) is -1.32. The van der Waals surface area contributed by atoms with Crippen LogP contribution in [0.5, 0.6) is 5.75 Å².